The lowest BCUT2D eigenvalue weighted by Gasteiger charge is -2.24. The van der Waals surface area contributed by atoms with Crippen molar-refractivity contribution in [3.05, 3.63) is 30.1 Å². The van der Waals surface area contributed by atoms with Gasteiger partial charge in [-0.15, -0.1) is 0 Å². The van der Waals surface area contributed by atoms with Crippen LogP contribution in [0.5, 0.6) is 0 Å². The van der Waals surface area contributed by atoms with Gasteiger partial charge in [0.25, 0.3) is 5.91 Å². The molecule has 14 heavy (non-hydrogen) atoms. The van der Waals surface area contributed by atoms with E-state index in [1.165, 1.54) is 0 Å². The second kappa shape index (κ2) is 4.74. The Morgan fingerprint density at radius 1 is 1.50 bits per heavy atom. The normalized spacial score (nSPS) is 10.3. The van der Waals surface area contributed by atoms with E-state index in [1.54, 1.807) is 17.2 Å². The van der Waals surface area contributed by atoms with E-state index in [2.05, 4.69) is 4.98 Å². The molecule has 0 aromatic carbocycles. The molecule has 0 bridgehead atoms. The van der Waals surface area contributed by atoms with E-state index in [0.29, 0.717) is 12.2 Å². The number of hydrogen-bond donors (Lipinski definition) is 0. The third kappa shape index (κ3) is 2.31. The average Bonchev–Trinajstić information content (AvgIpc) is 2.19. The standard InChI is InChI=1S/C11H16N2O/c1-4-13(9(2)3)11(14)10-7-5-6-8-12-10/h5-9H,4H2,1-3H3. The molecule has 76 valence electrons. The summed E-state index contributed by atoms with van der Waals surface area (Å²) in [4.78, 5) is 17.7. The van der Waals surface area contributed by atoms with E-state index in [1.807, 2.05) is 32.9 Å². The van der Waals surface area contributed by atoms with Crippen LogP contribution in [0.1, 0.15) is 31.3 Å². The van der Waals surface area contributed by atoms with Crippen molar-refractivity contribution >= 4 is 5.91 Å². The summed E-state index contributed by atoms with van der Waals surface area (Å²) in [7, 11) is 0. The number of amides is 1. The number of pyridine rings is 1. The molecule has 0 radical (unpaired) electrons. The molecule has 1 aromatic heterocycles. The summed E-state index contributed by atoms with van der Waals surface area (Å²) in [5, 5.41) is 0. The smallest absolute Gasteiger partial charge is 0.272 e. The third-order valence-electron chi connectivity index (χ3n) is 2.11. The van der Waals surface area contributed by atoms with Crippen LogP contribution in [0, 0.1) is 0 Å². The van der Waals surface area contributed by atoms with Gasteiger partial charge in [0.2, 0.25) is 0 Å². The molecule has 1 rings (SSSR count). The van der Waals surface area contributed by atoms with Gasteiger partial charge in [-0.2, -0.15) is 0 Å². The van der Waals surface area contributed by atoms with Crippen molar-refractivity contribution in [3.63, 3.8) is 0 Å². The van der Waals surface area contributed by atoms with Gasteiger partial charge in [-0.1, -0.05) is 6.07 Å². The van der Waals surface area contributed by atoms with Crippen molar-refractivity contribution in [2.75, 3.05) is 6.54 Å². The van der Waals surface area contributed by atoms with E-state index in [9.17, 15) is 4.79 Å². The number of rotatable bonds is 3. The van der Waals surface area contributed by atoms with E-state index in [-0.39, 0.29) is 11.9 Å². The van der Waals surface area contributed by atoms with Gasteiger partial charge in [0.15, 0.2) is 0 Å². The summed E-state index contributed by atoms with van der Waals surface area (Å²) in [5.41, 5.74) is 0.517. The minimum Gasteiger partial charge on any atom is -0.335 e. The zero-order chi connectivity index (χ0) is 10.6. The molecule has 0 aliphatic rings. The summed E-state index contributed by atoms with van der Waals surface area (Å²) in [5.74, 6) is 0.00287. The van der Waals surface area contributed by atoms with E-state index < -0.39 is 0 Å². The highest BCUT2D eigenvalue weighted by Crippen LogP contribution is 2.05. The molecule has 3 nitrogen and oxygen atoms in total. The van der Waals surface area contributed by atoms with Gasteiger partial charge in [-0.25, -0.2) is 0 Å². The Morgan fingerprint density at radius 3 is 2.64 bits per heavy atom. The maximum atomic E-state index is 11.9. The van der Waals surface area contributed by atoms with Gasteiger partial charge >= 0.3 is 0 Å². The Hall–Kier alpha value is -1.38. The first-order valence-corrected chi connectivity index (χ1v) is 4.88. The first kappa shape index (κ1) is 10.7. The molecule has 0 aliphatic carbocycles. The second-order valence-electron chi connectivity index (χ2n) is 3.40. The molecule has 0 unspecified atom stereocenters. The molecule has 0 atom stereocenters. The molecule has 1 amide bonds. The van der Waals surface area contributed by atoms with Gasteiger partial charge in [-0.05, 0) is 32.9 Å². The number of hydrogen-bond acceptors (Lipinski definition) is 2. The van der Waals surface area contributed by atoms with Gasteiger partial charge in [0, 0.05) is 18.8 Å². The fourth-order valence-corrected chi connectivity index (χ4v) is 1.38. The maximum absolute atomic E-state index is 11.9. The number of aromatic nitrogens is 1. The van der Waals surface area contributed by atoms with Gasteiger partial charge in [-0.3, -0.25) is 9.78 Å². The quantitative estimate of drug-likeness (QED) is 0.733. The van der Waals surface area contributed by atoms with Gasteiger partial charge in [0.05, 0.1) is 0 Å². The van der Waals surface area contributed by atoms with Crippen molar-refractivity contribution < 1.29 is 4.79 Å². The average molecular weight is 192 g/mol. The van der Waals surface area contributed by atoms with E-state index in [4.69, 9.17) is 0 Å². The van der Waals surface area contributed by atoms with Crippen molar-refractivity contribution in [1.82, 2.24) is 9.88 Å². The zero-order valence-corrected chi connectivity index (χ0v) is 8.90. The van der Waals surface area contributed by atoms with Crippen LogP contribution in [0.2, 0.25) is 0 Å². The molecule has 0 saturated heterocycles. The zero-order valence-electron chi connectivity index (χ0n) is 8.90. The predicted molar refractivity (Wildman–Crippen MR) is 56.1 cm³/mol. The summed E-state index contributed by atoms with van der Waals surface area (Å²) in [6.07, 6.45) is 1.64. The molecule has 3 heteroatoms. The van der Waals surface area contributed by atoms with Crippen LogP contribution in [0.15, 0.2) is 24.4 Å². The minimum atomic E-state index is 0.00287. The van der Waals surface area contributed by atoms with Gasteiger partial charge < -0.3 is 4.90 Å². The Labute approximate surface area is 84.8 Å². The molecule has 1 heterocycles. The fourth-order valence-electron chi connectivity index (χ4n) is 1.38. The monoisotopic (exact) mass is 192 g/mol. The minimum absolute atomic E-state index is 0.00287. The van der Waals surface area contributed by atoms with Crippen LogP contribution in [-0.2, 0) is 0 Å². The van der Waals surface area contributed by atoms with Gasteiger partial charge in [0.1, 0.15) is 5.69 Å². The highest BCUT2D eigenvalue weighted by Gasteiger charge is 2.17. The molecule has 0 fully saturated rings. The number of carbonyl (C=O) groups is 1. The van der Waals surface area contributed by atoms with Crippen LogP contribution < -0.4 is 0 Å². The first-order chi connectivity index (χ1) is 6.66. The first-order valence-electron chi connectivity index (χ1n) is 4.88. The molecular weight excluding hydrogens is 176 g/mol. The summed E-state index contributed by atoms with van der Waals surface area (Å²) in [6, 6.07) is 5.60. The molecule has 0 spiro atoms. The summed E-state index contributed by atoms with van der Waals surface area (Å²) < 4.78 is 0. The summed E-state index contributed by atoms with van der Waals surface area (Å²) >= 11 is 0. The van der Waals surface area contributed by atoms with Crippen molar-refractivity contribution in [2.24, 2.45) is 0 Å². The molecule has 0 saturated carbocycles. The highest BCUT2D eigenvalue weighted by molar-refractivity contribution is 5.92. The lowest BCUT2D eigenvalue weighted by molar-refractivity contribution is 0.0711. The lowest BCUT2D eigenvalue weighted by Crippen LogP contribution is -2.37. The largest absolute Gasteiger partial charge is 0.335 e. The van der Waals surface area contributed by atoms with Crippen molar-refractivity contribution in [1.29, 1.82) is 0 Å². The molecule has 0 aliphatic heterocycles. The van der Waals surface area contributed by atoms with Crippen molar-refractivity contribution in [3.8, 4) is 0 Å². The Morgan fingerprint density at radius 2 is 2.21 bits per heavy atom. The van der Waals surface area contributed by atoms with Crippen LogP contribution in [0.25, 0.3) is 0 Å². The van der Waals surface area contributed by atoms with Crippen molar-refractivity contribution in [2.45, 2.75) is 26.8 Å². The lowest BCUT2D eigenvalue weighted by atomic mass is 10.2. The second-order valence-corrected chi connectivity index (χ2v) is 3.40. The molecule has 0 N–H and O–H groups in total. The number of nitrogens with zero attached hydrogens (tertiary/aromatic N) is 2. The molecule has 1 aromatic rings. The van der Waals surface area contributed by atoms with Crippen LogP contribution in [0.3, 0.4) is 0 Å². The third-order valence-corrected chi connectivity index (χ3v) is 2.11. The van der Waals surface area contributed by atoms with E-state index >= 15 is 0 Å². The number of carbonyl (C=O) groups excluding carboxylic acids is 1. The fraction of sp³-hybridized carbons (Fsp3) is 0.455. The molecular formula is C11H16N2O. The highest BCUT2D eigenvalue weighted by atomic mass is 16.2. The summed E-state index contributed by atoms with van der Waals surface area (Å²) in [6.45, 7) is 6.70. The SMILES string of the molecule is CCN(C(=O)c1ccccn1)C(C)C. The Balaban J connectivity index is 2.84. The van der Waals surface area contributed by atoms with E-state index in [0.717, 1.165) is 0 Å². The predicted octanol–water partition coefficient (Wildman–Crippen LogP) is 1.95. The Kier molecular flexibility index (Phi) is 3.63. The maximum Gasteiger partial charge on any atom is 0.272 e. The van der Waals surface area contributed by atoms with Crippen LogP contribution in [-0.4, -0.2) is 28.4 Å². The Bertz CT molecular complexity index is 295. The van der Waals surface area contributed by atoms with Crippen LogP contribution >= 0.6 is 0 Å². The topological polar surface area (TPSA) is 33.2 Å². The van der Waals surface area contributed by atoms with Crippen LogP contribution in [0.4, 0.5) is 0 Å².